The van der Waals surface area contributed by atoms with Crippen LogP contribution >= 0.6 is 0 Å². The highest BCUT2D eigenvalue weighted by atomic mass is 19.4. The van der Waals surface area contributed by atoms with Crippen LogP contribution in [-0.4, -0.2) is 92.3 Å². The number of halogens is 3. The standard InChI is InChI=1S/C21H20F3N3O2.C20H26N2O5/c22-21(23,24)16-3-1-2-14(10-16)13-26-6-8-27(9-7-26)17-4-5-18-15(11-17)12-19(29-18)20(25)28;1-5-25-18(23)17-13-14-12-15(6-7-16(14)26-17)21-8-10-22(11-9-21)19(24)27-20(2,3)4/h1-5,10-12H,6-9,13H2,(H2,25,28);6-7,12-13H,5,8-11H2,1-4H3. The minimum absolute atomic E-state index is 0.128. The van der Waals surface area contributed by atoms with Crippen LogP contribution in [0.4, 0.5) is 29.3 Å². The molecule has 3 aromatic carbocycles. The van der Waals surface area contributed by atoms with Crippen LogP contribution in [-0.2, 0) is 22.2 Å². The first-order valence-corrected chi connectivity index (χ1v) is 18.5. The molecule has 0 atom stereocenters. The second-order valence-corrected chi connectivity index (χ2v) is 14.7. The van der Waals surface area contributed by atoms with Crippen LogP contribution in [0.25, 0.3) is 21.9 Å². The van der Waals surface area contributed by atoms with E-state index in [1.807, 2.05) is 57.2 Å². The first-order valence-electron chi connectivity index (χ1n) is 18.5. The van der Waals surface area contributed by atoms with Crippen molar-refractivity contribution in [1.29, 1.82) is 0 Å². The molecule has 298 valence electrons. The maximum Gasteiger partial charge on any atom is 0.416 e. The van der Waals surface area contributed by atoms with Gasteiger partial charge in [-0.15, -0.1) is 0 Å². The van der Waals surface area contributed by atoms with Crippen molar-refractivity contribution in [2.24, 2.45) is 5.73 Å². The lowest BCUT2D eigenvalue weighted by Crippen LogP contribution is -2.50. The second kappa shape index (κ2) is 16.6. The number of primary amides is 1. The lowest BCUT2D eigenvalue weighted by atomic mass is 10.1. The van der Waals surface area contributed by atoms with E-state index in [1.165, 1.54) is 12.1 Å². The average Bonchev–Trinajstić information content (AvgIpc) is 3.79. The SMILES string of the molecule is CCOC(=O)c1cc2cc(N3CCN(C(=O)OC(C)(C)C)CC3)ccc2o1.NC(=O)c1cc2cc(N3CCN(Cc4cccc(C(F)(F)F)c4)CC3)ccc2o1. The molecule has 2 fully saturated rings. The van der Waals surface area contributed by atoms with E-state index in [1.54, 1.807) is 30.0 Å². The largest absolute Gasteiger partial charge is 0.460 e. The summed E-state index contributed by atoms with van der Waals surface area (Å²) in [7, 11) is 0. The zero-order valence-corrected chi connectivity index (χ0v) is 31.9. The predicted molar refractivity (Wildman–Crippen MR) is 206 cm³/mol. The molecular weight excluding hydrogens is 731 g/mol. The highest BCUT2D eigenvalue weighted by Gasteiger charge is 2.31. The minimum atomic E-state index is -4.32. The normalized spacial score (nSPS) is 15.4. The van der Waals surface area contributed by atoms with Crippen molar-refractivity contribution in [3.05, 3.63) is 95.4 Å². The first-order chi connectivity index (χ1) is 26.6. The van der Waals surface area contributed by atoms with Gasteiger partial charge in [0.05, 0.1) is 12.2 Å². The summed E-state index contributed by atoms with van der Waals surface area (Å²) in [5.41, 5.74) is 8.10. The summed E-state index contributed by atoms with van der Waals surface area (Å²) in [6.07, 6.45) is -4.60. The van der Waals surface area contributed by atoms with E-state index >= 15 is 0 Å². The van der Waals surface area contributed by atoms with Crippen molar-refractivity contribution in [3.63, 3.8) is 0 Å². The van der Waals surface area contributed by atoms with Gasteiger partial charge in [-0.05, 0) is 87.9 Å². The molecule has 2 saturated heterocycles. The maximum absolute atomic E-state index is 12.9. The molecule has 7 rings (SSSR count). The number of nitrogens with zero attached hydrogens (tertiary/aromatic N) is 4. The molecule has 56 heavy (non-hydrogen) atoms. The highest BCUT2D eigenvalue weighted by molar-refractivity contribution is 5.96. The number of anilines is 2. The maximum atomic E-state index is 12.9. The lowest BCUT2D eigenvalue weighted by Gasteiger charge is -2.36. The molecule has 0 aliphatic carbocycles. The van der Waals surface area contributed by atoms with Gasteiger partial charge in [-0.1, -0.05) is 18.2 Å². The van der Waals surface area contributed by atoms with E-state index in [0.717, 1.165) is 54.4 Å². The summed E-state index contributed by atoms with van der Waals surface area (Å²) >= 11 is 0. The molecule has 0 spiro atoms. The fraction of sp³-hybridized carbons (Fsp3) is 0.390. The van der Waals surface area contributed by atoms with E-state index in [4.69, 9.17) is 24.0 Å². The molecule has 12 nitrogen and oxygen atoms in total. The smallest absolute Gasteiger partial charge is 0.416 e. The van der Waals surface area contributed by atoms with Crippen LogP contribution in [0.1, 0.15) is 59.9 Å². The summed E-state index contributed by atoms with van der Waals surface area (Å²) in [5.74, 6) is -0.728. The second-order valence-electron chi connectivity index (χ2n) is 14.7. The summed E-state index contributed by atoms with van der Waals surface area (Å²) < 4.78 is 60.0. The molecule has 0 bridgehead atoms. The molecule has 4 heterocycles. The van der Waals surface area contributed by atoms with Gasteiger partial charge in [0.2, 0.25) is 5.76 Å². The summed E-state index contributed by atoms with van der Waals surface area (Å²) in [4.78, 5) is 43.6. The van der Waals surface area contributed by atoms with Gasteiger partial charge in [0.1, 0.15) is 16.8 Å². The molecule has 2 aliphatic rings. The van der Waals surface area contributed by atoms with Crippen molar-refractivity contribution in [2.45, 2.75) is 46.0 Å². The highest BCUT2D eigenvalue weighted by Crippen LogP contribution is 2.31. The number of hydrogen-bond acceptors (Lipinski definition) is 10. The van der Waals surface area contributed by atoms with Gasteiger partial charge in [-0.2, -0.15) is 13.2 Å². The fourth-order valence-corrected chi connectivity index (χ4v) is 6.62. The Balaban J connectivity index is 0.000000190. The molecule has 5 aromatic rings. The van der Waals surface area contributed by atoms with E-state index in [0.29, 0.717) is 56.1 Å². The number of piperazine rings is 2. The summed E-state index contributed by atoms with van der Waals surface area (Å²) in [6.45, 7) is 13.8. The minimum Gasteiger partial charge on any atom is -0.460 e. The van der Waals surface area contributed by atoms with Crippen molar-refractivity contribution >= 4 is 51.3 Å². The van der Waals surface area contributed by atoms with Gasteiger partial charge in [-0.25, -0.2) is 9.59 Å². The Hall–Kier alpha value is -5.70. The predicted octanol–water partition coefficient (Wildman–Crippen LogP) is 7.54. The Morgan fingerprint density at radius 2 is 1.29 bits per heavy atom. The molecule has 0 radical (unpaired) electrons. The van der Waals surface area contributed by atoms with Crippen LogP contribution in [0, 0.1) is 0 Å². The number of hydrogen-bond donors (Lipinski definition) is 1. The average molecular weight is 778 g/mol. The molecule has 2 aromatic heterocycles. The number of benzene rings is 3. The van der Waals surface area contributed by atoms with Crippen LogP contribution in [0.2, 0.25) is 0 Å². The quantitative estimate of drug-likeness (QED) is 0.165. The fourth-order valence-electron chi connectivity index (χ4n) is 6.62. The molecule has 15 heteroatoms. The van der Waals surface area contributed by atoms with Gasteiger partial charge in [0.15, 0.2) is 5.76 Å². The van der Waals surface area contributed by atoms with Crippen molar-refractivity contribution in [3.8, 4) is 0 Å². The van der Waals surface area contributed by atoms with E-state index in [-0.39, 0.29) is 17.6 Å². The van der Waals surface area contributed by atoms with Crippen molar-refractivity contribution in [2.75, 3.05) is 68.8 Å². The van der Waals surface area contributed by atoms with Gasteiger partial charge in [0, 0.05) is 81.1 Å². The zero-order chi connectivity index (χ0) is 40.2. The van der Waals surface area contributed by atoms with Crippen LogP contribution < -0.4 is 15.5 Å². The zero-order valence-electron chi connectivity index (χ0n) is 31.9. The molecule has 2 N–H and O–H groups in total. The monoisotopic (exact) mass is 777 g/mol. The van der Waals surface area contributed by atoms with Gasteiger partial charge >= 0.3 is 18.2 Å². The number of furan rings is 2. The molecule has 0 saturated carbocycles. The Labute approximate surface area is 322 Å². The summed E-state index contributed by atoms with van der Waals surface area (Å²) in [6, 6.07) is 20.3. The number of ether oxygens (including phenoxy) is 2. The van der Waals surface area contributed by atoms with Gasteiger partial charge in [-0.3, -0.25) is 9.69 Å². The number of alkyl halides is 3. The van der Waals surface area contributed by atoms with Crippen LogP contribution in [0.5, 0.6) is 0 Å². The van der Waals surface area contributed by atoms with Gasteiger partial charge in [0.25, 0.3) is 5.91 Å². The molecule has 2 amide bonds. The number of rotatable bonds is 7. The third-order valence-electron chi connectivity index (χ3n) is 9.41. The lowest BCUT2D eigenvalue weighted by molar-refractivity contribution is -0.137. The number of esters is 1. The Kier molecular flexibility index (Phi) is 11.8. The number of fused-ring (bicyclic) bond motifs is 2. The third-order valence-corrected chi connectivity index (χ3v) is 9.41. The Morgan fingerprint density at radius 3 is 1.82 bits per heavy atom. The first kappa shape index (κ1) is 40.0. The molecule has 0 unspecified atom stereocenters. The van der Waals surface area contributed by atoms with E-state index in [2.05, 4.69) is 14.7 Å². The third kappa shape index (κ3) is 9.93. The summed E-state index contributed by atoms with van der Waals surface area (Å²) in [5, 5.41) is 1.66. The number of carbonyl (C=O) groups excluding carboxylic acids is 3. The number of nitrogens with two attached hydrogens (primary N) is 1. The van der Waals surface area contributed by atoms with E-state index < -0.39 is 29.2 Å². The Bertz CT molecular complexity index is 2180. The topological polar surface area (TPSA) is 135 Å². The Morgan fingerprint density at radius 1 is 0.732 bits per heavy atom. The molecular formula is C41H46F3N5O7. The number of amides is 2. The number of carbonyl (C=O) groups is 3. The van der Waals surface area contributed by atoms with E-state index in [9.17, 15) is 27.6 Å². The van der Waals surface area contributed by atoms with Crippen LogP contribution in [0.15, 0.2) is 81.6 Å². The molecule has 2 aliphatic heterocycles. The van der Waals surface area contributed by atoms with Crippen molar-refractivity contribution < 1.29 is 45.9 Å². The van der Waals surface area contributed by atoms with Gasteiger partial charge < -0.3 is 38.7 Å². The van der Waals surface area contributed by atoms with Crippen LogP contribution in [0.3, 0.4) is 0 Å². The van der Waals surface area contributed by atoms with Crippen molar-refractivity contribution in [1.82, 2.24) is 9.80 Å².